The molecule has 8 nitrogen and oxygen atoms in total. The van der Waals surface area contributed by atoms with E-state index in [-0.39, 0.29) is 26.2 Å². The van der Waals surface area contributed by atoms with Crippen molar-refractivity contribution in [1.82, 2.24) is 9.80 Å². The molecule has 0 saturated heterocycles. The van der Waals surface area contributed by atoms with Crippen LogP contribution in [0, 0.1) is 0 Å². The summed E-state index contributed by atoms with van der Waals surface area (Å²) in [5, 5.41) is 37.7. The van der Waals surface area contributed by atoms with Crippen molar-refractivity contribution in [3.05, 3.63) is 0 Å². The molecule has 4 unspecified atom stereocenters. The lowest BCUT2D eigenvalue weighted by Crippen LogP contribution is -2.51. The predicted octanol–water partition coefficient (Wildman–Crippen LogP) is -1.83. The normalized spacial score (nSPS) is 16.5. The van der Waals surface area contributed by atoms with Gasteiger partial charge in [0.25, 0.3) is 0 Å². The third-order valence-electron chi connectivity index (χ3n) is 2.70. The molecular weight excluding hydrogens is 292 g/mol. The highest BCUT2D eigenvalue weighted by atomic mass is 16.3. The lowest BCUT2D eigenvalue weighted by atomic mass is 10.2. The fourth-order valence-corrected chi connectivity index (χ4v) is 2.03. The molecule has 0 aliphatic rings. The first-order valence-corrected chi connectivity index (χ1v) is 7.35. The Balaban J connectivity index is 5.07. The summed E-state index contributed by atoms with van der Waals surface area (Å²) in [4.78, 5) is 26.7. The highest BCUT2D eigenvalue weighted by molar-refractivity contribution is 6.34. The van der Waals surface area contributed by atoms with Crippen molar-refractivity contribution in [3.63, 3.8) is 0 Å². The van der Waals surface area contributed by atoms with Gasteiger partial charge in [-0.2, -0.15) is 0 Å². The third-order valence-corrected chi connectivity index (χ3v) is 2.70. The molecule has 0 aromatic rings. The lowest BCUT2D eigenvalue weighted by molar-refractivity contribution is -0.154. The van der Waals surface area contributed by atoms with Crippen molar-refractivity contribution in [1.29, 1.82) is 0 Å². The standard InChI is InChI=1S/C14H28N2O6/c1-9(17)5-15(6-10(2)18)13(21)14(22)16(7-11(3)19)8-12(4)20/h9-12,17-20H,5-8H2,1-4H3. The lowest BCUT2D eigenvalue weighted by Gasteiger charge is -2.29. The minimum atomic E-state index is -0.886. The van der Waals surface area contributed by atoms with Crippen LogP contribution < -0.4 is 0 Å². The average molecular weight is 320 g/mol. The van der Waals surface area contributed by atoms with E-state index in [4.69, 9.17) is 0 Å². The molecule has 0 aromatic heterocycles. The average Bonchev–Trinajstić information content (AvgIpc) is 2.33. The molecule has 0 fully saturated rings. The quantitative estimate of drug-likeness (QED) is 0.390. The second kappa shape index (κ2) is 9.73. The molecule has 0 aliphatic carbocycles. The first kappa shape index (κ1) is 20.8. The van der Waals surface area contributed by atoms with E-state index in [1.807, 2.05) is 0 Å². The van der Waals surface area contributed by atoms with Gasteiger partial charge in [0.1, 0.15) is 0 Å². The molecule has 130 valence electrons. The number of aliphatic hydroxyl groups is 4. The molecule has 4 atom stereocenters. The van der Waals surface area contributed by atoms with Crippen LogP contribution in [-0.2, 0) is 9.59 Å². The van der Waals surface area contributed by atoms with E-state index in [0.717, 1.165) is 9.80 Å². The maximum atomic E-state index is 12.3. The Labute approximate surface area is 131 Å². The molecule has 0 aromatic carbocycles. The predicted molar refractivity (Wildman–Crippen MR) is 79.9 cm³/mol. The van der Waals surface area contributed by atoms with Gasteiger partial charge in [0.2, 0.25) is 0 Å². The molecule has 2 amide bonds. The minimum Gasteiger partial charge on any atom is -0.392 e. The van der Waals surface area contributed by atoms with Gasteiger partial charge in [-0.3, -0.25) is 9.59 Å². The molecule has 0 aliphatic heterocycles. The Morgan fingerprint density at radius 2 is 0.818 bits per heavy atom. The van der Waals surface area contributed by atoms with Crippen molar-refractivity contribution >= 4 is 11.8 Å². The fraction of sp³-hybridized carbons (Fsp3) is 0.857. The van der Waals surface area contributed by atoms with Gasteiger partial charge in [-0.05, 0) is 27.7 Å². The SMILES string of the molecule is CC(O)CN(CC(C)O)C(=O)C(=O)N(CC(C)O)CC(C)O. The number of carbonyl (C=O) groups is 2. The summed E-state index contributed by atoms with van der Waals surface area (Å²) in [6.07, 6.45) is -3.40. The summed E-state index contributed by atoms with van der Waals surface area (Å²) in [5.74, 6) is -1.77. The molecule has 0 radical (unpaired) electrons. The van der Waals surface area contributed by atoms with Crippen LogP contribution in [0.1, 0.15) is 27.7 Å². The zero-order valence-corrected chi connectivity index (χ0v) is 13.6. The number of amides is 2. The minimum absolute atomic E-state index is 0.0906. The van der Waals surface area contributed by atoms with Gasteiger partial charge in [0.15, 0.2) is 0 Å². The summed E-state index contributed by atoms with van der Waals surface area (Å²) in [6.45, 7) is 5.51. The van der Waals surface area contributed by atoms with Crippen LogP contribution in [0.15, 0.2) is 0 Å². The van der Waals surface area contributed by atoms with Gasteiger partial charge >= 0.3 is 11.8 Å². The van der Waals surface area contributed by atoms with E-state index in [0.29, 0.717) is 0 Å². The van der Waals surface area contributed by atoms with Gasteiger partial charge < -0.3 is 30.2 Å². The summed E-state index contributed by atoms with van der Waals surface area (Å²) in [5.41, 5.74) is 0. The second-order valence-electron chi connectivity index (χ2n) is 5.82. The van der Waals surface area contributed by atoms with Crippen LogP contribution in [0.3, 0.4) is 0 Å². The monoisotopic (exact) mass is 320 g/mol. The highest BCUT2D eigenvalue weighted by Gasteiger charge is 2.29. The number of aliphatic hydroxyl groups excluding tert-OH is 4. The van der Waals surface area contributed by atoms with Gasteiger partial charge in [0, 0.05) is 26.2 Å². The third kappa shape index (κ3) is 8.28. The second-order valence-corrected chi connectivity index (χ2v) is 5.82. The number of rotatable bonds is 8. The summed E-state index contributed by atoms with van der Waals surface area (Å²) < 4.78 is 0. The van der Waals surface area contributed by atoms with Gasteiger partial charge in [0.05, 0.1) is 24.4 Å². The Hall–Kier alpha value is -1.22. The van der Waals surface area contributed by atoms with Crippen LogP contribution in [-0.4, -0.2) is 92.6 Å². The van der Waals surface area contributed by atoms with Crippen molar-refractivity contribution in [3.8, 4) is 0 Å². The summed E-state index contributed by atoms with van der Waals surface area (Å²) in [7, 11) is 0. The number of hydrogen-bond acceptors (Lipinski definition) is 6. The van der Waals surface area contributed by atoms with E-state index in [1.54, 1.807) is 0 Å². The van der Waals surface area contributed by atoms with Gasteiger partial charge in [-0.15, -0.1) is 0 Å². The van der Waals surface area contributed by atoms with E-state index in [9.17, 15) is 30.0 Å². The molecule has 0 rings (SSSR count). The van der Waals surface area contributed by atoms with Crippen molar-refractivity contribution in [2.24, 2.45) is 0 Å². The first-order chi connectivity index (χ1) is 10.0. The van der Waals surface area contributed by atoms with Crippen molar-refractivity contribution in [2.75, 3.05) is 26.2 Å². The number of carbonyl (C=O) groups excluding carboxylic acids is 2. The Bertz CT molecular complexity index is 303. The van der Waals surface area contributed by atoms with Gasteiger partial charge in [-0.25, -0.2) is 0 Å². The zero-order chi connectivity index (χ0) is 17.4. The van der Waals surface area contributed by atoms with E-state index < -0.39 is 36.2 Å². The van der Waals surface area contributed by atoms with Crippen molar-refractivity contribution in [2.45, 2.75) is 52.1 Å². The van der Waals surface area contributed by atoms with Crippen molar-refractivity contribution < 1.29 is 30.0 Å². The van der Waals surface area contributed by atoms with Crippen LogP contribution in [0.5, 0.6) is 0 Å². The molecule has 8 heteroatoms. The van der Waals surface area contributed by atoms with Crippen LogP contribution in [0.2, 0.25) is 0 Å². The molecule has 0 heterocycles. The number of nitrogens with zero attached hydrogens (tertiary/aromatic N) is 2. The Morgan fingerprint density at radius 1 is 0.636 bits per heavy atom. The van der Waals surface area contributed by atoms with Crippen LogP contribution in [0.25, 0.3) is 0 Å². The molecule has 0 spiro atoms. The maximum absolute atomic E-state index is 12.3. The van der Waals surface area contributed by atoms with E-state index >= 15 is 0 Å². The van der Waals surface area contributed by atoms with Gasteiger partial charge in [-0.1, -0.05) is 0 Å². The van der Waals surface area contributed by atoms with Crippen LogP contribution in [0.4, 0.5) is 0 Å². The fourth-order valence-electron chi connectivity index (χ4n) is 2.03. The maximum Gasteiger partial charge on any atom is 0.312 e. The molecule has 22 heavy (non-hydrogen) atoms. The topological polar surface area (TPSA) is 122 Å². The highest BCUT2D eigenvalue weighted by Crippen LogP contribution is 2.03. The van der Waals surface area contributed by atoms with E-state index in [1.165, 1.54) is 27.7 Å². The molecule has 0 saturated carbocycles. The Kier molecular flexibility index (Phi) is 9.19. The zero-order valence-electron chi connectivity index (χ0n) is 13.6. The Morgan fingerprint density at radius 3 is 0.955 bits per heavy atom. The smallest absolute Gasteiger partial charge is 0.312 e. The summed E-state index contributed by atoms with van der Waals surface area (Å²) >= 11 is 0. The first-order valence-electron chi connectivity index (χ1n) is 7.35. The largest absolute Gasteiger partial charge is 0.392 e. The summed E-state index contributed by atoms with van der Waals surface area (Å²) in [6, 6.07) is 0. The van der Waals surface area contributed by atoms with E-state index in [2.05, 4.69) is 0 Å². The number of hydrogen-bond donors (Lipinski definition) is 4. The molecular formula is C14H28N2O6. The van der Waals surface area contributed by atoms with Crippen LogP contribution >= 0.6 is 0 Å². The molecule has 0 bridgehead atoms. The molecule has 4 N–H and O–H groups in total.